The second kappa shape index (κ2) is 6.65. The van der Waals surface area contributed by atoms with Crippen LogP contribution in [0.25, 0.3) is 11.0 Å². The third-order valence-corrected chi connectivity index (χ3v) is 3.20. The molecular formula is C17H14N4O2. The lowest BCUT2D eigenvalue weighted by molar-refractivity contribution is -0.121. The lowest BCUT2D eigenvalue weighted by atomic mass is 10.1. The summed E-state index contributed by atoms with van der Waals surface area (Å²) in [7, 11) is 0. The van der Waals surface area contributed by atoms with Gasteiger partial charge in [-0.25, -0.2) is 4.98 Å². The molecule has 0 aliphatic heterocycles. The summed E-state index contributed by atoms with van der Waals surface area (Å²) >= 11 is 0. The number of amides is 2. The highest BCUT2D eigenvalue weighted by molar-refractivity contribution is 5.95. The lowest BCUT2D eigenvalue weighted by Crippen LogP contribution is -2.42. The zero-order chi connectivity index (χ0) is 16.1. The number of benzene rings is 2. The van der Waals surface area contributed by atoms with Crippen LogP contribution in [0.4, 0.5) is 0 Å². The number of fused-ring (bicyclic) bond motifs is 1. The molecule has 0 fully saturated rings. The van der Waals surface area contributed by atoms with E-state index >= 15 is 0 Å². The second-order valence-electron chi connectivity index (χ2n) is 4.91. The Bertz CT molecular complexity index is 849. The number of rotatable bonds is 3. The van der Waals surface area contributed by atoms with Crippen molar-refractivity contribution in [3.8, 4) is 0 Å². The largest absolute Gasteiger partial charge is 0.289 e. The Balaban J connectivity index is 1.61. The molecule has 0 bridgehead atoms. The molecule has 0 unspecified atom stereocenters. The quantitative estimate of drug-likeness (QED) is 0.720. The van der Waals surface area contributed by atoms with Crippen LogP contribution in [0, 0.1) is 0 Å². The highest BCUT2D eigenvalue weighted by Crippen LogP contribution is 2.08. The second-order valence-corrected chi connectivity index (χ2v) is 4.91. The molecule has 3 aromatic rings. The normalized spacial score (nSPS) is 10.3. The number of para-hydroxylation sites is 2. The molecule has 1 aromatic heterocycles. The van der Waals surface area contributed by atoms with E-state index in [0.717, 1.165) is 5.56 Å². The van der Waals surface area contributed by atoms with Gasteiger partial charge in [-0.2, -0.15) is 0 Å². The van der Waals surface area contributed by atoms with E-state index in [1.54, 1.807) is 6.07 Å². The molecule has 114 valence electrons. The summed E-state index contributed by atoms with van der Waals surface area (Å²) in [6, 6.07) is 16.5. The standard InChI is InChI=1S/C17H14N4O2/c22-16(10-12-6-2-1-3-7-12)20-21-17(23)15-11-18-13-8-4-5-9-14(13)19-15/h1-9,11H,10H2,(H,20,22)(H,21,23). The van der Waals surface area contributed by atoms with Crippen LogP contribution in [-0.4, -0.2) is 21.8 Å². The molecule has 0 aliphatic carbocycles. The smallest absolute Gasteiger partial charge is 0.273 e. The Morgan fingerprint density at radius 1 is 0.870 bits per heavy atom. The monoisotopic (exact) mass is 306 g/mol. The van der Waals surface area contributed by atoms with E-state index < -0.39 is 5.91 Å². The van der Waals surface area contributed by atoms with E-state index in [1.165, 1.54) is 6.20 Å². The Kier molecular flexibility index (Phi) is 4.24. The number of carbonyl (C=O) groups is 2. The van der Waals surface area contributed by atoms with Crippen LogP contribution in [0.15, 0.2) is 60.8 Å². The average Bonchev–Trinajstić information content (AvgIpc) is 2.60. The van der Waals surface area contributed by atoms with E-state index in [4.69, 9.17) is 0 Å². The minimum atomic E-state index is -0.510. The number of hydrogen-bond acceptors (Lipinski definition) is 4. The fourth-order valence-corrected chi connectivity index (χ4v) is 2.08. The van der Waals surface area contributed by atoms with Gasteiger partial charge >= 0.3 is 0 Å². The van der Waals surface area contributed by atoms with Gasteiger partial charge < -0.3 is 0 Å². The van der Waals surface area contributed by atoms with Gasteiger partial charge in [-0.05, 0) is 17.7 Å². The molecule has 3 rings (SSSR count). The van der Waals surface area contributed by atoms with Gasteiger partial charge in [0.2, 0.25) is 5.91 Å². The maximum atomic E-state index is 12.0. The van der Waals surface area contributed by atoms with Crippen LogP contribution in [-0.2, 0) is 11.2 Å². The van der Waals surface area contributed by atoms with Crippen LogP contribution >= 0.6 is 0 Å². The first-order valence-corrected chi connectivity index (χ1v) is 7.07. The zero-order valence-electron chi connectivity index (χ0n) is 12.2. The van der Waals surface area contributed by atoms with Crippen molar-refractivity contribution in [2.45, 2.75) is 6.42 Å². The molecule has 0 atom stereocenters. The third-order valence-electron chi connectivity index (χ3n) is 3.20. The van der Waals surface area contributed by atoms with Crippen molar-refractivity contribution in [1.82, 2.24) is 20.8 Å². The van der Waals surface area contributed by atoms with Gasteiger partial charge in [0.1, 0.15) is 5.69 Å². The summed E-state index contributed by atoms with van der Waals surface area (Å²) in [6.07, 6.45) is 1.56. The first kappa shape index (κ1) is 14.6. The summed E-state index contributed by atoms with van der Waals surface area (Å²) in [5, 5.41) is 0. The molecule has 0 radical (unpaired) electrons. The van der Waals surface area contributed by atoms with Gasteiger partial charge in [0.25, 0.3) is 5.91 Å². The molecule has 23 heavy (non-hydrogen) atoms. The molecule has 0 spiro atoms. The SMILES string of the molecule is O=C(Cc1ccccc1)NNC(=O)c1cnc2ccccc2n1. The Morgan fingerprint density at radius 2 is 1.57 bits per heavy atom. The van der Waals surface area contributed by atoms with Crippen molar-refractivity contribution in [2.24, 2.45) is 0 Å². The molecule has 6 nitrogen and oxygen atoms in total. The number of nitrogens with zero attached hydrogens (tertiary/aromatic N) is 2. The Hall–Kier alpha value is -3.28. The van der Waals surface area contributed by atoms with Gasteiger partial charge in [-0.1, -0.05) is 42.5 Å². The topological polar surface area (TPSA) is 84.0 Å². The van der Waals surface area contributed by atoms with Crippen LogP contribution in [0.1, 0.15) is 16.1 Å². The Labute approximate surface area is 132 Å². The molecule has 6 heteroatoms. The molecule has 2 amide bonds. The highest BCUT2D eigenvalue weighted by Gasteiger charge is 2.10. The summed E-state index contributed by atoms with van der Waals surface area (Å²) < 4.78 is 0. The number of nitrogens with one attached hydrogen (secondary N) is 2. The minimum absolute atomic E-state index is 0.142. The van der Waals surface area contributed by atoms with Gasteiger partial charge in [0.15, 0.2) is 0 Å². The number of aromatic nitrogens is 2. The summed E-state index contributed by atoms with van der Waals surface area (Å²) in [5.74, 6) is -0.817. The van der Waals surface area contributed by atoms with Crippen LogP contribution in [0.3, 0.4) is 0 Å². The fourth-order valence-electron chi connectivity index (χ4n) is 2.08. The fraction of sp³-hybridized carbons (Fsp3) is 0.0588. The van der Waals surface area contributed by atoms with Crippen LogP contribution < -0.4 is 10.9 Å². The first-order chi connectivity index (χ1) is 11.2. The molecule has 0 saturated carbocycles. The summed E-state index contributed by atoms with van der Waals surface area (Å²) in [4.78, 5) is 32.2. The van der Waals surface area contributed by atoms with Crippen molar-refractivity contribution in [3.63, 3.8) is 0 Å². The average molecular weight is 306 g/mol. The predicted molar refractivity (Wildman–Crippen MR) is 85.3 cm³/mol. The molecule has 0 aliphatic rings. The van der Waals surface area contributed by atoms with Crippen LogP contribution in [0.2, 0.25) is 0 Å². The van der Waals surface area contributed by atoms with Crippen molar-refractivity contribution in [3.05, 3.63) is 72.1 Å². The lowest BCUT2D eigenvalue weighted by Gasteiger charge is -2.07. The molecular weight excluding hydrogens is 292 g/mol. The molecule has 1 heterocycles. The highest BCUT2D eigenvalue weighted by atomic mass is 16.2. The van der Waals surface area contributed by atoms with Gasteiger partial charge in [0, 0.05) is 0 Å². The van der Waals surface area contributed by atoms with Gasteiger partial charge in [-0.15, -0.1) is 0 Å². The molecule has 2 N–H and O–H groups in total. The molecule has 0 saturated heterocycles. The van der Waals surface area contributed by atoms with Crippen molar-refractivity contribution < 1.29 is 9.59 Å². The van der Waals surface area contributed by atoms with Crippen molar-refractivity contribution in [2.75, 3.05) is 0 Å². The molecule has 2 aromatic carbocycles. The van der Waals surface area contributed by atoms with Gasteiger partial charge in [0.05, 0.1) is 23.7 Å². The number of hydrogen-bond donors (Lipinski definition) is 2. The Morgan fingerprint density at radius 3 is 2.35 bits per heavy atom. The van der Waals surface area contributed by atoms with E-state index in [2.05, 4.69) is 20.8 Å². The first-order valence-electron chi connectivity index (χ1n) is 7.07. The van der Waals surface area contributed by atoms with E-state index in [1.807, 2.05) is 48.5 Å². The van der Waals surface area contributed by atoms with E-state index in [-0.39, 0.29) is 18.0 Å². The summed E-state index contributed by atoms with van der Waals surface area (Å²) in [5.41, 5.74) is 7.05. The zero-order valence-corrected chi connectivity index (χ0v) is 12.2. The maximum Gasteiger partial charge on any atom is 0.289 e. The van der Waals surface area contributed by atoms with Crippen molar-refractivity contribution in [1.29, 1.82) is 0 Å². The van der Waals surface area contributed by atoms with Crippen LogP contribution in [0.5, 0.6) is 0 Å². The third kappa shape index (κ3) is 3.68. The van der Waals surface area contributed by atoms with E-state index in [0.29, 0.717) is 11.0 Å². The van der Waals surface area contributed by atoms with E-state index in [9.17, 15) is 9.59 Å². The predicted octanol–water partition coefficient (Wildman–Crippen LogP) is 1.63. The maximum absolute atomic E-state index is 12.0. The van der Waals surface area contributed by atoms with Crippen molar-refractivity contribution >= 4 is 22.8 Å². The number of carbonyl (C=O) groups excluding carboxylic acids is 2. The number of hydrazine groups is 1. The summed E-state index contributed by atoms with van der Waals surface area (Å²) in [6.45, 7) is 0. The van der Waals surface area contributed by atoms with Gasteiger partial charge in [-0.3, -0.25) is 25.4 Å². The minimum Gasteiger partial charge on any atom is -0.273 e.